The van der Waals surface area contributed by atoms with Crippen molar-refractivity contribution in [3.63, 3.8) is 0 Å². The van der Waals surface area contributed by atoms with E-state index in [0.717, 1.165) is 10.2 Å². The largest absolute Gasteiger partial charge is 0.411 e. The van der Waals surface area contributed by atoms with E-state index in [0.29, 0.717) is 12.1 Å². The summed E-state index contributed by atoms with van der Waals surface area (Å²) < 4.78 is 5.58. The maximum atomic E-state index is 12.0. The van der Waals surface area contributed by atoms with Crippen LogP contribution in [0, 0.1) is 0 Å². The molecule has 0 saturated heterocycles. The number of nitrogens with one attached hydrogen (secondary N) is 1. The highest BCUT2D eigenvalue weighted by Crippen LogP contribution is 2.12. The molecular weight excluding hydrogens is 338 g/mol. The zero-order valence-electron chi connectivity index (χ0n) is 10.9. The highest BCUT2D eigenvalue weighted by atomic mass is 79.9. The number of carbonyl (C=O) groups is 2. The minimum Gasteiger partial charge on any atom is -0.411 e. The number of nitrogens with two attached hydrogens (primary N) is 1. The number of benzene rings is 1. The topological polar surface area (TPSA) is 94.3 Å². The lowest BCUT2D eigenvalue weighted by Gasteiger charge is -2.06. The van der Waals surface area contributed by atoms with E-state index in [1.165, 1.54) is 12.1 Å². The highest BCUT2D eigenvalue weighted by Gasteiger charge is 2.07. The Hall–Kier alpha value is -2.41. The van der Waals surface area contributed by atoms with Crippen molar-refractivity contribution < 1.29 is 14.3 Å². The number of nitrogens with zero attached hydrogens (tertiary/aromatic N) is 1. The third-order valence-corrected chi connectivity index (χ3v) is 3.04. The van der Waals surface area contributed by atoms with Crippen molar-refractivity contribution in [1.29, 1.82) is 0 Å². The van der Waals surface area contributed by atoms with Gasteiger partial charge in [-0.05, 0) is 36.4 Å². The number of aromatic nitrogens is 1. The number of ether oxygens (including phenoxy) is 1. The van der Waals surface area contributed by atoms with E-state index in [9.17, 15) is 9.59 Å². The van der Waals surface area contributed by atoms with Crippen LogP contribution in [-0.4, -0.2) is 17.0 Å². The van der Waals surface area contributed by atoms with Crippen LogP contribution in [0.4, 0.5) is 4.79 Å². The molecule has 0 spiro atoms. The summed E-state index contributed by atoms with van der Waals surface area (Å²) in [6.07, 6.45) is 0.759. The third-order valence-electron chi connectivity index (χ3n) is 2.54. The highest BCUT2D eigenvalue weighted by molar-refractivity contribution is 9.10. The maximum Gasteiger partial charge on any atom is 0.409 e. The molecule has 2 aromatic rings. The summed E-state index contributed by atoms with van der Waals surface area (Å²) in [5.74, 6) is 0.0371. The Balaban J connectivity index is 1.95. The Morgan fingerprint density at radius 2 is 1.95 bits per heavy atom. The molecule has 6 nitrogen and oxygen atoms in total. The molecule has 108 valence electrons. The van der Waals surface area contributed by atoms with E-state index in [4.69, 9.17) is 5.73 Å². The van der Waals surface area contributed by atoms with Gasteiger partial charge in [-0.25, -0.2) is 4.79 Å². The summed E-state index contributed by atoms with van der Waals surface area (Å²) in [5, 5.41) is 2.75. The van der Waals surface area contributed by atoms with Crippen LogP contribution in [0.25, 0.3) is 0 Å². The number of halogens is 1. The first-order chi connectivity index (χ1) is 10.0. The zero-order valence-corrected chi connectivity index (χ0v) is 12.5. The predicted octanol–water partition coefficient (Wildman–Crippen LogP) is 2.23. The smallest absolute Gasteiger partial charge is 0.409 e. The van der Waals surface area contributed by atoms with E-state index in [2.05, 4.69) is 31.0 Å². The van der Waals surface area contributed by atoms with E-state index >= 15 is 0 Å². The van der Waals surface area contributed by atoms with Crippen LogP contribution in [0.15, 0.2) is 47.1 Å². The van der Waals surface area contributed by atoms with Crippen molar-refractivity contribution in [2.75, 3.05) is 0 Å². The first-order valence-corrected chi connectivity index (χ1v) is 6.80. The van der Waals surface area contributed by atoms with Crippen LogP contribution in [0.2, 0.25) is 0 Å². The molecule has 2 amide bonds. The summed E-state index contributed by atoms with van der Waals surface area (Å²) in [6, 6.07) is 9.71. The van der Waals surface area contributed by atoms with Crippen LogP contribution in [0.1, 0.15) is 16.1 Å². The predicted molar refractivity (Wildman–Crippen MR) is 79.8 cm³/mol. The second-order valence-corrected chi connectivity index (χ2v) is 5.01. The van der Waals surface area contributed by atoms with Crippen LogP contribution in [0.3, 0.4) is 0 Å². The summed E-state index contributed by atoms with van der Waals surface area (Å²) >= 11 is 3.34. The van der Waals surface area contributed by atoms with Gasteiger partial charge < -0.3 is 15.8 Å². The molecule has 0 bridgehead atoms. The fourth-order valence-electron chi connectivity index (χ4n) is 1.61. The lowest BCUT2D eigenvalue weighted by Crippen LogP contribution is -2.23. The van der Waals surface area contributed by atoms with Gasteiger partial charge in [0.25, 0.3) is 5.91 Å². The van der Waals surface area contributed by atoms with E-state index < -0.39 is 6.09 Å². The molecule has 1 heterocycles. The van der Waals surface area contributed by atoms with Crippen molar-refractivity contribution in [3.05, 3.63) is 58.3 Å². The second kappa shape index (κ2) is 6.85. The van der Waals surface area contributed by atoms with Crippen molar-refractivity contribution in [1.82, 2.24) is 10.3 Å². The molecule has 0 radical (unpaired) electrons. The van der Waals surface area contributed by atoms with Crippen molar-refractivity contribution in [2.24, 2.45) is 5.73 Å². The number of rotatable bonds is 4. The molecule has 0 unspecified atom stereocenters. The number of primary amides is 1. The van der Waals surface area contributed by atoms with Crippen LogP contribution >= 0.6 is 15.9 Å². The van der Waals surface area contributed by atoms with Gasteiger partial charge in [0.1, 0.15) is 5.75 Å². The summed E-state index contributed by atoms with van der Waals surface area (Å²) in [5.41, 5.74) is 6.08. The van der Waals surface area contributed by atoms with E-state index in [1.54, 1.807) is 18.3 Å². The lowest BCUT2D eigenvalue weighted by molar-refractivity contribution is 0.0950. The number of hydrogen-bond acceptors (Lipinski definition) is 4. The molecule has 0 fully saturated rings. The van der Waals surface area contributed by atoms with E-state index in [1.807, 2.05) is 12.1 Å². The SMILES string of the molecule is NC(=O)Oc1ccc(C(=O)NCc2cc(Br)ccn2)cc1. The number of carbonyl (C=O) groups excluding carboxylic acids is 2. The second-order valence-electron chi connectivity index (χ2n) is 4.09. The fraction of sp³-hybridized carbons (Fsp3) is 0.0714. The Kier molecular flexibility index (Phi) is 4.89. The van der Waals surface area contributed by atoms with Gasteiger partial charge in [-0.2, -0.15) is 0 Å². The van der Waals surface area contributed by atoms with Gasteiger partial charge in [0, 0.05) is 16.2 Å². The first kappa shape index (κ1) is 15.0. The van der Waals surface area contributed by atoms with Crippen molar-refractivity contribution in [3.8, 4) is 5.75 Å². The third kappa shape index (κ3) is 4.57. The standard InChI is InChI=1S/C14H12BrN3O3/c15-10-5-6-17-11(7-10)8-18-13(19)9-1-3-12(4-2-9)21-14(16)20/h1-7H,8H2,(H2,16,20)(H,18,19). The number of amides is 2. The molecule has 3 N–H and O–H groups in total. The Morgan fingerprint density at radius 1 is 1.24 bits per heavy atom. The molecule has 21 heavy (non-hydrogen) atoms. The molecule has 0 atom stereocenters. The van der Waals surface area contributed by atoms with E-state index in [-0.39, 0.29) is 11.7 Å². The van der Waals surface area contributed by atoms with Crippen LogP contribution in [0.5, 0.6) is 5.75 Å². The summed E-state index contributed by atoms with van der Waals surface area (Å²) in [7, 11) is 0. The Bertz CT molecular complexity index is 659. The van der Waals surface area contributed by atoms with Gasteiger partial charge in [0.05, 0.1) is 12.2 Å². The van der Waals surface area contributed by atoms with Crippen LogP contribution in [-0.2, 0) is 6.54 Å². The van der Waals surface area contributed by atoms with Gasteiger partial charge in [-0.3, -0.25) is 9.78 Å². The van der Waals surface area contributed by atoms with Gasteiger partial charge >= 0.3 is 6.09 Å². The molecule has 1 aromatic heterocycles. The van der Waals surface area contributed by atoms with Crippen LogP contribution < -0.4 is 15.8 Å². The van der Waals surface area contributed by atoms with Crippen molar-refractivity contribution >= 4 is 27.9 Å². The molecule has 0 aliphatic carbocycles. The molecule has 0 aliphatic rings. The molecule has 2 rings (SSSR count). The Morgan fingerprint density at radius 3 is 2.57 bits per heavy atom. The van der Waals surface area contributed by atoms with Gasteiger partial charge in [0.15, 0.2) is 0 Å². The normalized spacial score (nSPS) is 9.95. The zero-order chi connectivity index (χ0) is 15.2. The minimum atomic E-state index is -0.895. The molecule has 0 aliphatic heterocycles. The molecular formula is C14H12BrN3O3. The van der Waals surface area contributed by atoms with Gasteiger partial charge in [-0.15, -0.1) is 0 Å². The number of hydrogen-bond donors (Lipinski definition) is 2. The average molecular weight is 350 g/mol. The quantitative estimate of drug-likeness (QED) is 0.884. The molecule has 1 aromatic carbocycles. The van der Waals surface area contributed by atoms with Gasteiger partial charge in [0.2, 0.25) is 0 Å². The minimum absolute atomic E-state index is 0.248. The van der Waals surface area contributed by atoms with Gasteiger partial charge in [-0.1, -0.05) is 15.9 Å². The number of pyridine rings is 1. The maximum absolute atomic E-state index is 12.0. The molecule has 0 saturated carbocycles. The summed E-state index contributed by atoms with van der Waals surface area (Å²) in [6.45, 7) is 0.317. The molecule has 7 heteroatoms. The van der Waals surface area contributed by atoms with Crippen molar-refractivity contribution in [2.45, 2.75) is 6.54 Å². The first-order valence-electron chi connectivity index (χ1n) is 6.00. The lowest BCUT2D eigenvalue weighted by atomic mass is 10.2. The average Bonchev–Trinajstić information content (AvgIpc) is 2.45. The summed E-state index contributed by atoms with van der Waals surface area (Å²) in [4.78, 5) is 26.7. The monoisotopic (exact) mass is 349 g/mol. The fourth-order valence-corrected chi connectivity index (χ4v) is 1.99. The Labute approximate surface area is 129 Å².